The molecule has 0 aliphatic rings. The van der Waals surface area contributed by atoms with E-state index < -0.39 is 0 Å². The molecular formula is C39H27N5. The maximum Gasteiger partial charge on any atom is 0.253 e. The summed E-state index contributed by atoms with van der Waals surface area (Å²) in [5.74, 6) is 1.15. The first-order valence-electron chi connectivity index (χ1n) is 14.6. The minimum absolute atomic E-state index is 0.502. The lowest BCUT2D eigenvalue weighted by atomic mass is 10.1. The van der Waals surface area contributed by atoms with E-state index >= 15 is 0 Å². The average molecular weight is 566 g/mol. The van der Waals surface area contributed by atoms with Crippen LogP contribution in [0.1, 0.15) is 22.5 Å². The van der Waals surface area contributed by atoms with Crippen molar-refractivity contribution in [3.05, 3.63) is 150 Å². The van der Waals surface area contributed by atoms with Crippen molar-refractivity contribution in [2.75, 3.05) is 0 Å². The van der Waals surface area contributed by atoms with Gasteiger partial charge in [0.05, 0.1) is 11.4 Å². The van der Waals surface area contributed by atoms with Crippen molar-refractivity contribution in [3.8, 4) is 11.3 Å². The van der Waals surface area contributed by atoms with Crippen LogP contribution in [0.3, 0.4) is 0 Å². The zero-order valence-corrected chi connectivity index (χ0v) is 24.1. The third kappa shape index (κ3) is 4.80. The van der Waals surface area contributed by atoms with Crippen LogP contribution in [0.5, 0.6) is 0 Å². The molecule has 0 aliphatic heterocycles. The van der Waals surface area contributed by atoms with Gasteiger partial charge in [-0.15, -0.1) is 0 Å². The molecule has 0 bridgehead atoms. The Balaban J connectivity index is 1.24. The van der Waals surface area contributed by atoms with E-state index in [2.05, 4.69) is 133 Å². The van der Waals surface area contributed by atoms with Crippen LogP contribution in [0.25, 0.3) is 61.5 Å². The zero-order valence-electron chi connectivity index (χ0n) is 24.1. The van der Waals surface area contributed by atoms with Crippen molar-refractivity contribution in [2.45, 2.75) is 6.92 Å². The number of hydrogen-bond donors (Lipinski definition) is 0. The van der Waals surface area contributed by atoms with Gasteiger partial charge in [-0.2, -0.15) is 9.61 Å². The van der Waals surface area contributed by atoms with Crippen molar-refractivity contribution in [3.63, 3.8) is 0 Å². The topological polar surface area (TPSA) is 55.4 Å². The van der Waals surface area contributed by atoms with Gasteiger partial charge in [-0.25, -0.2) is 15.0 Å². The normalized spacial score (nSPS) is 12.0. The van der Waals surface area contributed by atoms with Gasteiger partial charge in [0.15, 0.2) is 5.82 Å². The Morgan fingerprint density at radius 3 is 1.82 bits per heavy atom. The summed E-state index contributed by atoms with van der Waals surface area (Å²) < 4.78 is 1.75. The Morgan fingerprint density at radius 1 is 0.568 bits per heavy atom. The van der Waals surface area contributed by atoms with Crippen LogP contribution in [-0.2, 0) is 0 Å². The Bertz CT molecular complexity index is 2410. The zero-order chi connectivity index (χ0) is 29.5. The Hall–Kier alpha value is -5.94. The first-order chi connectivity index (χ1) is 21.7. The Morgan fingerprint density at radius 2 is 1.14 bits per heavy atom. The molecule has 5 heteroatoms. The second-order valence-electron chi connectivity index (χ2n) is 10.9. The Labute approximate surface area is 254 Å². The van der Waals surface area contributed by atoms with E-state index in [1.165, 1.54) is 26.9 Å². The van der Waals surface area contributed by atoms with E-state index in [0.717, 1.165) is 39.2 Å². The van der Waals surface area contributed by atoms with E-state index in [-0.39, 0.29) is 0 Å². The molecular weight excluding hydrogens is 538 g/mol. The molecule has 0 radical (unpaired) electrons. The molecule has 5 nitrogen and oxygen atoms in total. The SMILES string of the molecule is Cc1nn2c(/N=C/c3ccc4ccccc4c3)c(-c3ccc4ccccc4c3)nc2nc1/C=C/c1ccc2ccccc2c1. The maximum atomic E-state index is 4.99. The number of aliphatic imine (C=N–C) groups is 1. The fourth-order valence-electron chi connectivity index (χ4n) is 5.66. The first-order valence-corrected chi connectivity index (χ1v) is 14.6. The minimum Gasteiger partial charge on any atom is -0.234 e. The van der Waals surface area contributed by atoms with Crippen molar-refractivity contribution >= 4 is 62.3 Å². The van der Waals surface area contributed by atoms with Crippen molar-refractivity contribution < 1.29 is 0 Å². The van der Waals surface area contributed by atoms with E-state index in [1.807, 2.05) is 19.2 Å². The Kier molecular flexibility index (Phi) is 6.27. The summed E-state index contributed by atoms with van der Waals surface area (Å²) in [6, 6.07) is 44.2. The predicted octanol–water partition coefficient (Wildman–Crippen LogP) is 9.48. The molecule has 2 heterocycles. The fraction of sp³-hybridized carbons (Fsp3) is 0.0256. The highest BCUT2D eigenvalue weighted by Gasteiger charge is 2.17. The van der Waals surface area contributed by atoms with E-state index in [1.54, 1.807) is 4.52 Å². The van der Waals surface area contributed by atoms with Crippen LogP contribution in [0.2, 0.25) is 0 Å². The highest BCUT2D eigenvalue weighted by Crippen LogP contribution is 2.32. The van der Waals surface area contributed by atoms with Crippen LogP contribution in [0.15, 0.2) is 132 Å². The smallest absolute Gasteiger partial charge is 0.234 e. The number of aryl methyl sites for hydroxylation is 1. The molecule has 0 unspecified atom stereocenters. The van der Waals surface area contributed by atoms with Gasteiger partial charge in [-0.1, -0.05) is 115 Å². The highest BCUT2D eigenvalue weighted by molar-refractivity contribution is 5.93. The molecule has 0 fully saturated rings. The lowest BCUT2D eigenvalue weighted by molar-refractivity contribution is 0.864. The van der Waals surface area contributed by atoms with Crippen LogP contribution < -0.4 is 0 Å². The summed E-state index contributed by atoms with van der Waals surface area (Å²) in [4.78, 5) is 14.9. The highest BCUT2D eigenvalue weighted by atomic mass is 15.3. The van der Waals surface area contributed by atoms with Crippen LogP contribution in [0, 0.1) is 6.92 Å². The van der Waals surface area contributed by atoms with Gasteiger partial charge in [0, 0.05) is 11.8 Å². The summed E-state index contributed by atoms with van der Waals surface area (Å²) in [5, 5.41) is 12.0. The van der Waals surface area contributed by atoms with Gasteiger partial charge in [0.2, 0.25) is 0 Å². The summed E-state index contributed by atoms with van der Waals surface area (Å²) >= 11 is 0. The monoisotopic (exact) mass is 565 g/mol. The number of imidazole rings is 1. The van der Waals surface area contributed by atoms with Crippen LogP contribution in [-0.4, -0.2) is 25.8 Å². The third-order valence-electron chi connectivity index (χ3n) is 7.99. The standard InChI is InChI=1S/C39H27N5/c1-26-36(21-16-27-14-17-29-8-2-5-11-32(29)22-27)41-39-42-37(35-20-19-31-10-4-7-13-34(31)24-35)38(44(39)43-26)40-25-28-15-18-30-9-3-6-12-33(30)23-28/h2-25H,1H3/b21-16+,40-25+. The van der Waals surface area contributed by atoms with Crippen LogP contribution >= 0.6 is 0 Å². The van der Waals surface area contributed by atoms with E-state index in [4.69, 9.17) is 20.1 Å². The third-order valence-corrected chi connectivity index (χ3v) is 7.99. The number of benzene rings is 6. The summed E-state index contributed by atoms with van der Waals surface area (Å²) in [7, 11) is 0. The molecule has 0 spiro atoms. The molecule has 0 amide bonds. The lowest BCUT2D eigenvalue weighted by Gasteiger charge is -2.04. The molecule has 8 rings (SSSR count). The summed E-state index contributed by atoms with van der Waals surface area (Å²) in [6.45, 7) is 1.97. The number of fused-ring (bicyclic) bond motifs is 4. The molecule has 0 N–H and O–H groups in total. The predicted molar refractivity (Wildman–Crippen MR) is 183 cm³/mol. The minimum atomic E-state index is 0.502. The van der Waals surface area contributed by atoms with E-state index in [0.29, 0.717) is 11.6 Å². The molecule has 0 saturated carbocycles. The van der Waals surface area contributed by atoms with Gasteiger partial charge >= 0.3 is 0 Å². The van der Waals surface area contributed by atoms with Gasteiger partial charge in [0.1, 0.15) is 5.69 Å². The van der Waals surface area contributed by atoms with E-state index in [9.17, 15) is 0 Å². The molecule has 2 aromatic heterocycles. The molecule has 8 aromatic rings. The van der Waals surface area contributed by atoms with Gasteiger partial charge in [-0.05, 0) is 74.6 Å². The second kappa shape index (κ2) is 10.7. The first kappa shape index (κ1) is 25.7. The summed E-state index contributed by atoms with van der Waals surface area (Å²) in [5.41, 5.74) is 5.37. The van der Waals surface area contributed by atoms with Gasteiger partial charge in [0.25, 0.3) is 5.78 Å². The molecule has 6 aromatic carbocycles. The van der Waals surface area contributed by atoms with Gasteiger partial charge < -0.3 is 0 Å². The van der Waals surface area contributed by atoms with Crippen LogP contribution in [0.4, 0.5) is 5.82 Å². The molecule has 0 atom stereocenters. The van der Waals surface area contributed by atoms with Crippen molar-refractivity contribution in [2.24, 2.45) is 4.99 Å². The quantitative estimate of drug-likeness (QED) is 0.195. The maximum absolute atomic E-state index is 4.99. The second-order valence-corrected chi connectivity index (χ2v) is 10.9. The molecule has 44 heavy (non-hydrogen) atoms. The van der Waals surface area contributed by atoms with Gasteiger partial charge in [-0.3, -0.25) is 0 Å². The molecule has 208 valence electrons. The number of hydrogen-bond acceptors (Lipinski definition) is 4. The lowest BCUT2D eigenvalue weighted by Crippen LogP contribution is -2.01. The number of aromatic nitrogens is 4. The average Bonchev–Trinajstić information content (AvgIpc) is 3.42. The van der Waals surface area contributed by atoms with Crippen molar-refractivity contribution in [1.82, 2.24) is 19.6 Å². The summed E-state index contributed by atoms with van der Waals surface area (Å²) in [6.07, 6.45) is 5.96. The number of rotatable bonds is 5. The number of nitrogens with zero attached hydrogens (tertiary/aromatic N) is 5. The van der Waals surface area contributed by atoms with Crippen molar-refractivity contribution in [1.29, 1.82) is 0 Å². The molecule has 0 aliphatic carbocycles. The molecule has 0 saturated heterocycles. The largest absolute Gasteiger partial charge is 0.253 e. The fourth-order valence-corrected chi connectivity index (χ4v) is 5.66.